The number of rotatable bonds is 2. The Labute approximate surface area is 134 Å². The molecule has 0 fully saturated rings. The molecule has 4 heteroatoms. The number of nitrogens with zero attached hydrogens (tertiary/aromatic N) is 2. The SMILES string of the molecule is Cc1nn(C)c(CC2CCCc3ccccc3C2O)c1Br. The Morgan fingerprint density at radius 2 is 2.14 bits per heavy atom. The molecule has 1 heterocycles. The van der Waals surface area contributed by atoms with E-state index in [9.17, 15) is 5.11 Å². The number of hydrogen-bond acceptors (Lipinski definition) is 2. The fourth-order valence-corrected chi connectivity index (χ4v) is 3.88. The molecule has 0 saturated heterocycles. The second kappa shape index (κ2) is 5.93. The summed E-state index contributed by atoms with van der Waals surface area (Å²) >= 11 is 3.63. The quantitative estimate of drug-likeness (QED) is 0.840. The third-order valence-electron chi connectivity index (χ3n) is 4.56. The highest BCUT2D eigenvalue weighted by Gasteiger charge is 2.27. The molecular formula is C17H21BrN2O. The van der Waals surface area contributed by atoms with Gasteiger partial charge in [0.1, 0.15) is 0 Å². The minimum Gasteiger partial charge on any atom is -0.388 e. The van der Waals surface area contributed by atoms with Gasteiger partial charge in [-0.2, -0.15) is 5.10 Å². The summed E-state index contributed by atoms with van der Waals surface area (Å²) in [5.41, 5.74) is 4.59. The lowest BCUT2D eigenvalue weighted by Gasteiger charge is -2.22. The van der Waals surface area contributed by atoms with E-state index in [1.165, 1.54) is 11.3 Å². The van der Waals surface area contributed by atoms with Gasteiger partial charge in [0.15, 0.2) is 0 Å². The van der Waals surface area contributed by atoms with Crippen molar-refractivity contribution in [2.45, 2.75) is 38.7 Å². The first-order valence-electron chi connectivity index (χ1n) is 7.51. The first kappa shape index (κ1) is 14.8. The van der Waals surface area contributed by atoms with Crippen molar-refractivity contribution in [1.29, 1.82) is 0 Å². The predicted octanol–water partition coefficient (Wildman–Crippen LogP) is 3.72. The molecule has 0 spiro atoms. The van der Waals surface area contributed by atoms with Crippen LogP contribution in [0.3, 0.4) is 0 Å². The topological polar surface area (TPSA) is 38.0 Å². The van der Waals surface area contributed by atoms with Crippen molar-refractivity contribution >= 4 is 15.9 Å². The van der Waals surface area contributed by atoms with E-state index in [2.05, 4.69) is 39.2 Å². The lowest BCUT2D eigenvalue weighted by Crippen LogP contribution is -2.16. The number of benzene rings is 1. The van der Waals surface area contributed by atoms with Crippen LogP contribution in [-0.2, 0) is 19.9 Å². The van der Waals surface area contributed by atoms with Gasteiger partial charge >= 0.3 is 0 Å². The largest absolute Gasteiger partial charge is 0.388 e. The maximum absolute atomic E-state index is 10.8. The first-order valence-corrected chi connectivity index (χ1v) is 8.31. The molecule has 1 aromatic heterocycles. The van der Waals surface area contributed by atoms with Crippen molar-refractivity contribution in [2.75, 3.05) is 0 Å². The summed E-state index contributed by atoms with van der Waals surface area (Å²) < 4.78 is 3.01. The normalized spacial score (nSPS) is 21.9. The van der Waals surface area contributed by atoms with Crippen molar-refractivity contribution in [3.8, 4) is 0 Å². The van der Waals surface area contributed by atoms with Crippen molar-refractivity contribution < 1.29 is 5.11 Å². The second-order valence-corrected chi connectivity index (χ2v) is 6.76. The molecule has 1 aliphatic carbocycles. The van der Waals surface area contributed by atoms with Crippen LogP contribution in [0.2, 0.25) is 0 Å². The predicted molar refractivity (Wildman–Crippen MR) is 87.2 cm³/mol. The number of aryl methyl sites for hydroxylation is 3. The van der Waals surface area contributed by atoms with E-state index in [4.69, 9.17) is 0 Å². The average molecular weight is 349 g/mol. The maximum atomic E-state index is 10.8. The average Bonchev–Trinajstić information content (AvgIpc) is 2.63. The van der Waals surface area contributed by atoms with E-state index in [-0.39, 0.29) is 12.0 Å². The third-order valence-corrected chi connectivity index (χ3v) is 5.59. The van der Waals surface area contributed by atoms with Gasteiger partial charge in [0.25, 0.3) is 0 Å². The van der Waals surface area contributed by atoms with Crippen molar-refractivity contribution in [3.63, 3.8) is 0 Å². The Morgan fingerprint density at radius 3 is 2.86 bits per heavy atom. The summed E-state index contributed by atoms with van der Waals surface area (Å²) in [6.07, 6.45) is 3.72. The van der Waals surface area contributed by atoms with E-state index in [1.54, 1.807) is 0 Å². The molecule has 1 N–H and O–H groups in total. The van der Waals surface area contributed by atoms with Crippen LogP contribution in [-0.4, -0.2) is 14.9 Å². The minimum absolute atomic E-state index is 0.250. The Hall–Kier alpha value is -1.13. The Bertz CT molecular complexity index is 650. The van der Waals surface area contributed by atoms with Crippen LogP contribution in [0.15, 0.2) is 28.7 Å². The fraction of sp³-hybridized carbons (Fsp3) is 0.471. The van der Waals surface area contributed by atoms with Gasteiger partial charge in [0.05, 0.1) is 22.0 Å². The molecule has 2 aromatic rings. The smallest absolute Gasteiger partial charge is 0.0824 e. The molecule has 21 heavy (non-hydrogen) atoms. The minimum atomic E-state index is -0.384. The molecule has 0 radical (unpaired) electrons. The molecule has 0 saturated carbocycles. The van der Waals surface area contributed by atoms with Gasteiger partial charge < -0.3 is 5.11 Å². The maximum Gasteiger partial charge on any atom is 0.0824 e. The number of hydrogen-bond donors (Lipinski definition) is 1. The molecule has 0 amide bonds. The molecular weight excluding hydrogens is 328 g/mol. The van der Waals surface area contributed by atoms with Gasteiger partial charge in [-0.3, -0.25) is 4.68 Å². The summed E-state index contributed by atoms with van der Waals surface area (Å²) in [6.45, 7) is 2.01. The lowest BCUT2D eigenvalue weighted by molar-refractivity contribution is 0.104. The summed E-state index contributed by atoms with van der Waals surface area (Å²) in [7, 11) is 1.98. The fourth-order valence-electron chi connectivity index (χ4n) is 3.38. The van der Waals surface area contributed by atoms with Crippen LogP contribution in [0.1, 0.15) is 41.5 Å². The van der Waals surface area contributed by atoms with Crippen LogP contribution in [0.4, 0.5) is 0 Å². The van der Waals surface area contributed by atoms with E-state index in [0.717, 1.165) is 41.4 Å². The van der Waals surface area contributed by atoms with E-state index >= 15 is 0 Å². The summed E-state index contributed by atoms with van der Waals surface area (Å²) in [5.74, 6) is 0.250. The monoisotopic (exact) mass is 348 g/mol. The highest BCUT2D eigenvalue weighted by Crippen LogP contribution is 2.36. The second-order valence-electron chi connectivity index (χ2n) is 5.97. The number of fused-ring (bicyclic) bond motifs is 1. The zero-order valence-corrected chi connectivity index (χ0v) is 14.1. The molecule has 1 aliphatic rings. The van der Waals surface area contributed by atoms with Crippen LogP contribution in [0.5, 0.6) is 0 Å². The van der Waals surface area contributed by atoms with Crippen LogP contribution in [0, 0.1) is 12.8 Å². The number of aliphatic hydroxyl groups is 1. The zero-order chi connectivity index (χ0) is 15.0. The van der Waals surface area contributed by atoms with Crippen LogP contribution < -0.4 is 0 Å². The number of aromatic nitrogens is 2. The molecule has 2 unspecified atom stereocenters. The Morgan fingerprint density at radius 1 is 1.38 bits per heavy atom. The number of halogens is 1. The van der Waals surface area contributed by atoms with Gasteiger partial charge in [0, 0.05) is 7.05 Å². The molecule has 1 aromatic carbocycles. The van der Waals surface area contributed by atoms with Gasteiger partial charge in [-0.25, -0.2) is 0 Å². The molecule has 3 nitrogen and oxygen atoms in total. The summed E-state index contributed by atoms with van der Waals surface area (Å²) in [5, 5.41) is 15.3. The van der Waals surface area contributed by atoms with Crippen LogP contribution in [0.25, 0.3) is 0 Å². The van der Waals surface area contributed by atoms with Crippen LogP contribution >= 0.6 is 15.9 Å². The van der Waals surface area contributed by atoms with Crippen molar-refractivity contribution in [2.24, 2.45) is 13.0 Å². The summed E-state index contributed by atoms with van der Waals surface area (Å²) in [6, 6.07) is 8.30. The molecule has 2 atom stereocenters. The molecule has 0 bridgehead atoms. The zero-order valence-electron chi connectivity index (χ0n) is 12.5. The number of aliphatic hydroxyl groups excluding tert-OH is 1. The van der Waals surface area contributed by atoms with Gasteiger partial charge in [-0.1, -0.05) is 24.3 Å². The van der Waals surface area contributed by atoms with Crippen molar-refractivity contribution in [1.82, 2.24) is 9.78 Å². The molecule has 3 rings (SSSR count). The Kier molecular flexibility index (Phi) is 4.18. The Balaban J connectivity index is 1.89. The summed E-state index contributed by atoms with van der Waals surface area (Å²) in [4.78, 5) is 0. The first-order chi connectivity index (χ1) is 10.1. The molecule has 0 aliphatic heterocycles. The lowest BCUT2D eigenvalue weighted by atomic mass is 9.89. The van der Waals surface area contributed by atoms with Gasteiger partial charge in [0.2, 0.25) is 0 Å². The molecule has 112 valence electrons. The van der Waals surface area contributed by atoms with E-state index in [1.807, 2.05) is 24.7 Å². The standard InChI is InChI=1S/C17H21BrN2O/c1-11-16(18)15(20(2)19-11)10-13-8-5-7-12-6-3-4-9-14(12)17(13)21/h3-4,6,9,13,17,21H,5,7-8,10H2,1-2H3. The van der Waals surface area contributed by atoms with E-state index < -0.39 is 0 Å². The van der Waals surface area contributed by atoms with Gasteiger partial charge in [-0.05, 0) is 65.6 Å². The van der Waals surface area contributed by atoms with Gasteiger partial charge in [-0.15, -0.1) is 0 Å². The highest BCUT2D eigenvalue weighted by molar-refractivity contribution is 9.10. The third kappa shape index (κ3) is 2.79. The highest BCUT2D eigenvalue weighted by atomic mass is 79.9. The van der Waals surface area contributed by atoms with Crippen molar-refractivity contribution in [3.05, 3.63) is 51.3 Å². The van der Waals surface area contributed by atoms with E-state index in [0.29, 0.717) is 0 Å².